The average molecular weight is 198 g/mol. The average Bonchev–Trinajstić information content (AvgIpc) is 2.70. The number of hydrogen-bond acceptors (Lipinski definition) is 5. The van der Waals surface area contributed by atoms with E-state index in [9.17, 15) is 4.79 Å². The molecule has 0 saturated carbocycles. The lowest BCUT2D eigenvalue weighted by Crippen LogP contribution is -2.59. The summed E-state index contributed by atoms with van der Waals surface area (Å²) in [4.78, 5) is 17.0. The first-order chi connectivity index (χ1) is 6.79. The predicted molar refractivity (Wildman–Crippen MR) is 51.3 cm³/mol. The van der Waals surface area contributed by atoms with Gasteiger partial charge in [0.1, 0.15) is 6.04 Å². The maximum Gasteiger partial charge on any atom is 0.327 e. The van der Waals surface area contributed by atoms with E-state index in [1.807, 2.05) is 4.90 Å². The largest absolute Gasteiger partial charge is 0.480 e. The highest BCUT2D eigenvalue weighted by atomic mass is 16.4. The number of rotatable bonds is 1. The first kappa shape index (κ1) is 9.26. The number of nitrogens with zero attached hydrogens (tertiary/aromatic N) is 2. The van der Waals surface area contributed by atoms with Crippen LogP contribution in [-0.4, -0.2) is 60.7 Å². The fourth-order valence-electron chi connectivity index (χ4n) is 1.76. The molecule has 6 heteroatoms. The van der Waals surface area contributed by atoms with Crippen molar-refractivity contribution < 1.29 is 9.90 Å². The standard InChI is InChI=1S/C8H14N4O2/c13-7(14)6-5-9-3-4-12(6)8-10-1-2-11-8/h6,9H,1-5H2,(H,10,11)(H,13,14). The lowest BCUT2D eigenvalue weighted by molar-refractivity contribution is -0.142. The molecule has 1 unspecified atom stereocenters. The van der Waals surface area contributed by atoms with Gasteiger partial charge in [-0.15, -0.1) is 0 Å². The zero-order valence-electron chi connectivity index (χ0n) is 7.86. The summed E-state index contributed by atoms with van der Waals surface area (Å²) in [6.07, 6.45) is 0. The lowest BCUT2D eigenvalue weighted by Gasteiger charge is -2.34. The Morgan fingerprint density at radius 1 is 1.57 bits per heavy atom. The number of nitrogens with one attached hydrogen (secondary N) is 2. The first-order valence-electron chi connectivity index (χ1n) is 4.77. The van der Waals surface area contributed by atoms with E-state index in [1.165, 1.54) is 0 Å². The van der Waals surface area contributed by atoms with Gasteiger partial charge in [-0.05, 0) is 0 Å². The molecule has 14 heavy (non-hydrogen) atoms. The SMILES string of the molecule is O=C(O)C1CNCCN1C1=NCCN1. The number of carboxylic acid groups (broad SMARTS) is 1. The molecule has 78 valence electrons. The molecule has 0 amide bonds. The summed E-state index contributed by atoms with van der Waals surface area (Å²) in [6, 6.07) is -0.493. The van der Waals surface area contributed by atoms with Crippen LogP contribution >= 0.6 is 0 Å². The van der Waals surface area contributed by atoms with Gasteiger partial charge in [0.2, 0.25) is 0 Å². The number of carbonyl (C=O) groups is 1. The molecule has 1 saturated heterocycles. The van der Waals surface area contributed by atoms with Crippen molar-refractivity contribution in [2.24, 2.45) is 4.99 Å². The van der Waals surface area contributed by atoms with Crippen LogP contribution in [-0.2, 0) is 4.79 Å². The minimum Gasteiger partial charge on any atom is -0.480 e. The topological polar surface area (TPSA) is 77.0 Å². The Balaban J connectivity index is 2.09. The van der Waals surface area contributed by atoms with E-state index in [0.717, 1.165) is 25.6 Å². The van der Waals surface area contributed by atoms with Crippen LogP contribution in [0.15, 0.2) is 4.99 Å². The van der Waals surface area contributed by atoms with Crippen molar-refractivity contribution in [1.29, 1.82) is 0 Å². The van der Waals surface area contributed by atoms with Gasteiger partial charge in [-0.1, -0.05) is 0 Å². The van der Waals surface area contributed by atoms with Gasteiger partial charge in [-0.2, -0.15) is 0 Å². The molecule has 2 rings (SSSR count). The number of guanidine groups is 1. The van der Waals surface area contributed by atoms with E-state index in [4.69, 9.17) is 5.11 Å². The summed E-state index contributed by atoms with van der Waals surface area (Å²) >= 11 is 0. The smallest absolute Gasteiger partial charge is 0.327 e. The third-order valence-electron chi connectivity index (χ3n) is 2.46. The van der Waals surface area contributed by atoms with Crippen LogP contribution in [0.5, 0.6) is 0 Å². The number of carboxylic acids is 1. The van der Waals surface area contributed by atoms with Crippen molar-refractivity contribution in [3.63, 3.8) is 0 Å². The molecule has 0 aromatic heterocycles. The van der Waals surface area contributed by atoms with Crippen LogP contribution in [0.2, 0.25) is 0 Å². The summed E-state index contributed by atoms with van der Waals surface area (Å²) in [7, 11) is 0. The van der Waals surface area contributed by atoms with Crippen LogP contribution in [0, 0.1) is 0 Å². The second-order valence-electron chi connectivity index (χ2n) is 3.38. The molecule has 1 fully saturated rings. The van der Waals surface area contributed by atoms with E-state index in [1.54, 1.807) is 0 Å². The number of piperazine rings is 1. The molecule has 2 aliphatic rings. The molecule has 6 nitrogen and oxygen atoms in total. The number of hydrogen-bond donors (Lipinski definition) is 3. The minimum atomic E-state index is -0.798. The Hall–Kier alpha value is -1.30. The molecule has 0 aromatic carbocycles. The van der Waals surface area contributed by atoms with Gasteiger partial charge in [0.05, 0.1) is 6.54 Å². The summed E-state index contributed by atoms with van der Waals surface area (Å²) in [5.41, 5.74) is 0. The van der Waals surface area contributed by atoms with Gasteiger partial charge in [0, 0.05) is 26.2 Å². The van der Waals surface area contributed by atoms with Crippen LogP contribution in [0.1, 0.15) is 0 Å². The normalized spacial score (nSPS) is 27.0. The highest BCUT2D eigenvalue weighted by Gasteiger charge is 2.31. The van der Waals surface area contributed by atoms with Crippen molar-refractivity contribution >= 4 is 11.9 Å². The van der Waals surface area contributed by atoms with E-state index >= 15 is 0 Å². The fourth-order valence-corrected chi connectivity index (χ4v) is 1.76. The lowest BCUT2D eigenvalue weighted by atomic mass is 10.2. The third kappa shape index (κ3) is 1.65. The van der Waals surface area contributed by atoms with Crippen molar-refractivity contribution in [2.75, 3.05) is 32.7 Å². The van der Waals surface area contributed by atoms with Crippen LogP contribution < -0.4 is 10.6 Å². The maximum atomic E-state index is 11.0. The summed E-state index contributed by atoms with van der Waals surface area (Å²) < 4.78 is 0. The Morgan fingerprint density at radius 3 is 3.07 bits per heavy atom. The molecular formula is C8H14N4O2. The van der Waals surface area contributed by atoms with Crippen LogP contribution in [0.4, 0.5) is 0 Å². The van der Waals surface area contributed by atoms with E-state index in [-0.39, 0.29) is 0 Å². The van der Waals surface area contributed by atoms with Crippen molar-refractivity contribution in [1.82, 2.24) is 15.5 Å². The quantitative estimate of drug-likeness (QED) is 0.468. The second-order valence-corrected chi connectivity index (χ2v) is 3.38. The van der Waals surface area contributed by atoms with E-state index in [2.05, 4.69) is 15.6 Å². The van der Waals surface area contributed by atoms with Gasteiger partial charge in [0.25, 0.3) is 0 Å². The number of aliphatic imine (C=N–C) groups is 1. The molecule has 0 radical (unpaired) electrons. The van der Waals surface area contributed by atoms with Crippen LogP contribution in [0.25, 0.3) is 0 Å². The summed E-state index contributed by atoms with van der Waals surface area (Å²) in [5.74, 6) is -0.0625. The second kappa shape index (κ2) is 3.83. The first-order valence-corrected chi connectivity index (χ1v) is 4.77. The van der Waals surface area contributed by atoms with Crippen molar-refractivity contribution in [3.8, 4) is 0 Å². The highest BCUT2D eigenvalue weighted by molar-refractivity contribution is 5.87. The Bertz CT molecular complexity index is 266. The van der Waals surface area contributed by atoms with Gasteiger partial charge in [0.15, 0.2) is 5.96 Å². The van der Waals surface area contributed by atoms with E-state index < -0.39 is 12.0 Å². The van der Waals surface area contributed by atoms with Crippen LogP contribution in [0.3, 0.4) is 0 Å². The van der Waals surface area contributed by atoms with E-state index in [0.29, 0.717) is 13.1 Å². The molecule has 2 heterocycles. The van der Waals surface area contributed by atoms with Gasteiger partial charge >= 0.3 is 5.97 Å². The monoisotopic (exact) mass is 198 g/mol. The molecule has 1 atom stereocenters. The highest BCUT2D eigenvalue weighted by Crippen LogP contribution is 2.05. The molecular weight excluding hydrogens is 184 g/mol. The van der Waals surface area contributed by atoms with Crippen molar-refractivity contribution in [3.05, 3.63) is 0 Å². The zero-order chi connectivity index (χ0) is 9.97. The molecule has 3 N–H and O–H groups in total. The minimum absolute atomic E-state index is 0.482. The Morgan fingerprint density at radius 2 is 2.43 bits per heavy atom. The van der Waals surface area contributed by atoms with Gasteiger partial charge in [-0.25, -0.2) is 4.79 Å². The Kier molecular flexibility index (Phi) is 2.53. The maximum absolute atomic E-state index is 11.0. The van der Waals surface area contributed by atoms with Gasteiger partial charge in [-0.3, -0.25) is 4.99 Å². The fraction of sp³-hybridized carbons (Fsp3) is 0.750. The molecule has 2 aliphatic heterocycles. The zero-order valence-corrected chi connectivity index (χ0v) is 7.86. The molecule has 0 spiro atoms. The van der Waals surface area contributed by atoms with Gasteiger partial charge < -0.3 is 20.6 Å². The molecule has 0 aliphatic carbocycles. The van der Waals surface area contributed by atoms with Crippen molar-refractivity contribution in [2.45, 2.75) is 6.04 Å². The summed E-state index contributed by atoms with van der Waals surface area (Å²) in [5, 5.41) is 15.2. The summed E-state index contributed by atoms with van der Waals surface area (Å²) in [6.45, 7) is 3.54. The number of aliphatic carboxylic acids is 1. The molecule has 0 aromatic rings. The predicted octanol–water partition coefficient (Wildman–Crippen LogP) is -1.70. The Labute approximate surface area is 82.0 Å². The third-order valence-corrected chi connectivity index (χ3v) is 2.46. The molecule has 0 bridgehead atoms.